The van der Waals surface area contributed by atoms with Crippen LogP contribution in [0.1, 0.15) is 35.1 Å². The molecule has 0 aromatic heterocycles. The van der Waals surface area contributed by atoms with Crippen molar-refractivity contribution in [2.24, 2.45) is 0 Å². The maximum Gasteiger partial charge on any atom is 0.417 e. The number of carboxylic acids is 1. The van der Waals surface area contributed by atoms with Crippen LogP contribution >= 0.6 is 11.6 Å². The van der Waals surface area contributed by atoms with Gasteiger partial charge in [-0.25, -0.2) is 8.42 Å². The Morgan fingerprint density at radius 1 is 1.00 bits per heavy atom. The molecule has 14 heteroatoms. The fourth-order valence-corrected chi connectivity index (χ4v) is 5.80. The smallest absolute Gasteiger partial charge is 0.417 e. The number of fused-ring (bicyclic) bond motifs is 1. The lowest BCUT2D eigenvalue weighted by Gasteiger charge is -2.35. The van der Waals surface area contributed by atoms with E-state index in [9.17, 15) is 39.6 Å². The van der Waals surface area contributed by atoms with Gasteiger partial charge in [-0.2, -0.15) is 26.3 Å². The van der Waals surface area contributed by atoms with E-state index in [-0.39, 0.29) is 34.9 Å². The molecule has 6 nitrogen and oxygen atoms in total. The first-order valence-electron chi connectivity index (χ1n) is 11.7. The van der Waals surface area contributed by atoms with Gasteiger partial charge in [0.15, 0.2) is 0 Å². The minimum atomic E-state index is -4.82. The molecule has 1 aliphatic rings. The number of nitrogens with zero attached hydrogens (tertiary/aromatic N) is 1. The average molecular weight is 618 g/mol. The molecule has 216 valence electrons. The summed E-state index contributed by atoms with van der Waals surface area (Å²) in [6.45, 7) is -0.446. The molecular formula is C27H18ClF6NO5S. The summed E-state index contributed by atoms with van der Waals surface area (Å²) in [7, 11) is -4.66. The molecule has 0 unspecified atom stereocenters. The summed E-state index contributed by atoms with van der Waals surface area (Å²) in [6, 6.07) is 10.1. The van der Waals surface area contributed by atoms with Gasteiger partial charge < -0.3 is 9.84 Å². The number of ether oxygens (including phenoxy) is 1. The van der Waals surface area contributed by atoms with Crippen molar-refractivity contribution < 1.29 is 49.4 Å². The predicted octanol–water partition coefficient (Wildman–Crippen LogP) is 6.60. The highest BCUT2D eigenvalue weighted by molar-refractivity contribution is 7.92. The second-order valence-corrected chi connectivity index (χ2v) is 11.1. The van der Waals surface area contributed by atoms with Crippen molar-refractivity contribution in [3.05, 3.63) is 87.9 Å². The number of anilines is 1. The molecule has 0 saturated carbocycles. The van der Waals surface area contributed by atoms with Crippen LogP contribution in [0.5, 0.6) is 5.75 Å². The fraction of sp³-hybridized carbons (Fsp3) is 0.222. The van der Waals surface area contributed by atoms with Crippen molar-refractivity contribution >= 4 is 33.3 Å². The van der Waals surface area contributed by atoms with Gasteiger partial charge in [-0.15, -0.1) is 0 Å². The number of carboxylic acid groups (broad SMARTS) is 1. The first-order chi connectivity index (χ1) is 19.1. The van der Waals surface area contributed by atoms with Crippen LogP contribution in [-0.2, 0) is 27.2 Å². The second-order valence-electron chi connectivity index (χ2n) is 8.83. The number of carbonyl (C=O) groups is 1. The largest absolute Gasteiger partial charge is 0.486 e. The highest BCUT2D eigenvalue weighted by Crippen LogP contribution is 2.40. The molecule has 0 bridgehead atoms. The fourth-order valence-electron chi connectivity index (χ4n) is 4.03. The van der Waals surface area contributed by atoms with Gasteiger partial charge in [-0.3, -0.25) is 9.10 Å². The Labute approximate surface area is 235 Å². The van der Waals surface area contributed by atoms with E-state index in [2.05, 4.69) is 11.8 Å². The lowest BCUT2D eigenvalue weighted by Crippen LogP contribution is -2.43. The quantitative estimate of drug-likeness (QED) is 0.258. The van der Waals surface area contributed by atoms with E-state index >= 15 is 0 Å². The Hall–Kier alpha value is -3.89. The van der Waals surface area contributed by atoms with E-state index in [0.717, 1.165) is 28.6 Å². The third kappa shape index (κ3) is 6.71. The Morgan fingerprint density at radius 3 is 2.37 bits per heavy atom. The van der Waals surface area contributed by atoms with Gasteiger partial charge in [0, 0.05) is 12.0 Å². The van der Waals surface area contributed by atoms with Crippen LogP contribution in [0.15, 0.2) is 65.6 Å². The van der Waals surface area contributed by atoms with Gasteiger partial charge >= 0.3 is 18.3 Å². The average Bonchev–Trinajstić information content (AvgIpc) is 2.89. The Balaban J connectivity index is 1.80. The van der Waals surface area contributed by atoms with Crippen molar-refractivity contribution in [2.75, 3.05) is 10.8 Å². The Bertz CT molecular complexity index is 1660. The van der Waals surface area contributed by atoms with Crippen LogP contribution in [0, 0.1) is 11.8 Å². The van der Waals surface area contributed by atoms with Crippen LogP contribution in [0.4, 0.5) is 32.0 Å². The molecule has 0 radical (unpaired) electrons. The highest BCUT2D eigenvalue weighted by Gasteiger charge is 2.37. The Morgan fingerprint density at radius 2 is 1.71 bits per heavy atom. The van der Waals surface area contributed by atoms with E-state index in [0.29, 0.717) is 12.1 Å². The first kappa shape index (κ1) is 30.1. The van der Waals surface area contributed by atoms with E-state index < -0.39 is 62.6 Å². The number of alkyl halides is 6. The first-order valence-corrected chi connectivity index (χ1v) is 13.5. The van der Waals surface area contributed by atoms with E-state index in [4.69, 9.17) is 21.4 Å². The standard InChI is InChI=1S/C27H18ClF6NO5S/c28-22-6-2-5-21(27(32,33)34)20(22)10-7-16-8-11-24-23(13-16)35(15-18(40-24)9-12-25(36)37)41(38,39)19-4-1-3-17(14-19)26(29,30)31/h1-6,8,11,13-14,18H,9,12,15H2,(H,36,37)/t18-/m0/s1. The third-order valence-electron chi connectivity index (χ3n) is 5.97. The number of aliphatic carboxylic acids is 1. The van der Waals surface area contributed by atoms with Crippen molar-refractivity contribution in [1.29, 1.82) is 0 Å². The van der Waals surface area contributed by atoms with E-state index in [1.54, 1.807) is 0 Å². The number of hydrogen-bond donors (Lipinski definition) is 1. The number of rotatable bonds is 5. The molecule has 3 aromatic rings. The van der Waals surface area contributed by atoms with E-state index in [1.807, 2.05) is 0 Å². The van der Waals surface area contributed by atoms with Gasteiger partial charge in [0.25, 0.3) is 10.0 Å². The van der Waals surface area contributed by atoms with Crippen LogP contribution in [0.2, 0.25) is 5.02 Å². The number of benzene rings is 3. The molecule has 0 spiro atoms. The number of sulfonamides is 1. The molecule has 1 atom stereocenters. The summed E-state index contributed by atoms with van der Waals surface area (Å²) in [5.74, 6) is 3.67. The predicted molar refractivity (Wildman–Crippen MR) is 136 cm³/mol. The minimum absolute atomic E-state index is 0.0403. The second kappa shape index (κ2) is 11.2. The molecule has 0 saturated heterocycles. The van der Waals surface area contributed by atoms with Crippen LogP contribution in [-0.4, -0.2) is 32.1 Å². The molecule has 0 aliphatic carbocycles. The molecule has 1 N–H and O–H groups in total. The maximum absolute atomic E-state index is 13.6. The van der Waals surface area contributed by atoms with E-state index in [1.165, 1.54) is 24.3 Å². The lowest BCUT2D eigenvalue weighted by molar-refractivity contribution is -0.138. The summed E-state index contributed by atoms with van der Waals surface area (Å²) >= 11 is 5.95. The zero-order valence-electron chi connectivity index (χ0n) is 20.6. The lowest BCUT2D eigenvalue weighted by atomic mass is 10.1. The van der Waals surface area contributed by atoms with Gasteiger partial charge in [0.05, 0.1) is 38.8 Å². The molecule has 41 heavy (non-hydrogen) atoms. The zero-order chi connectivity index (χ0) is 30.2. The monoisotopic (exact) mass is 617 g/mol. The molecule has 0 amide bonds. The van der Waals surface area contributed by atoms with Crippen molar-refractivity contribution in [3.8, 4) is 17.6 Å². The maximum atomic E-state index is 13.6. The number of hydrogen-bond acceptors (Lipinski definition) is 4. The van der Waals surface area contributed by atoms with Crippen molar-refractivity contribution in [3.63, 3.8) is 0 Å². The molecule has 3 aromatic carbocycles. The SMILES string of the molecule is O=C(O)CC[C@H]1CN(S(=O)(=O)c2cccc(C(F)(F)F)c2)c2cc(C#Cc3c(Cl)cccc3C(F)(F)F)ccc2O1. The summed E-state index contributed by atoms with van der Waals surface area (Å²) < 4.78 is 114. The van der Waals surface area contributed by atoms with Gasteiger partial charge in [0.2, 0.25) is 0 Å². The molecule has 1 heterocycles. The van der Waals surface area contributed by atoms with Gasteiger partial charge in [-0.05, 0) is 55.0 Å². The van der Waals surface area contributed by atoms with Gasteiger partial charge in [0.1, 0.15) is 11.9 Å². The third-order valence-corrected chi connectivity index (χ3v) is 8.06. The van der Waals surface area contributed by atoms with Crippen molar-refractivity contribution in [1.82, 2.24) is 0 Å². The molecular weight excluding hydrogens is 600 g/mol. The van der Waals surface area contributed by atoms with Crippen molar-refractivity contribution in [2.45, 2.75) is 36.2 Å². The molecule has 1 aliphatic heterocycles. The summed E-state index contributed by atoms with van der Waals surface area (Å²) in [6.07, 6.45) is -11.0. The van der Waals surface area contributed by atoms with Crippen LogP contribution < -0.4 is 9.04 Å². The Kier molecular flexibility index (Phi) is 8.20. The summed E-state index contributed by atoms with van der Waals surface area (Å²) in [5, 5.41) is 8.78. The number of halogens is 7. The summed E-state index contributed by atoms with van der Waals surface area (Å²) in [5.41, 5.74) is -2.87. The highest BCUT2D eigenvalue weighted by atomic mass is 35.5. The summed E-state index contributed by atoms with van der Waals surface area (Å²) in [4.78, 5) is 10.4. The molecule has 0 fully saturated rings. The van der Waals surface area contributed by atoms with Gasteiger partial charge in [-0.1, -0.05) is 35.6 Å². The van der Waals surface area contributed by atoms with Crippen LogP contribution in [0.25, 0.3) is 0 Å². The normalized spacial score (nSPS) is 15.4. The minimum Gasteiger partial charge on any atom is -0.486 e. The zero-order valence-corrected chi connectivity index (χ0v) is 22.1. The molecule has 4 rings (SSSR count). The van der Waals surface area contributed by atoms with Crippen LogP contribution in [0.3, 0.4) is 0 Å². The topological polar surface area (TPSA) is 83.9 Å².